The van der Waals surface area contributed by atoms with E-state index in [1.807, 2.05) is 0 Å². The van der Waals surface area contributed by atoms with Crippen molar-refractivity contribution in [1.29, 1.82) is 0 Å². The van der Waals surface area contributed by atoms with Crippen LogP contribution in [0.15, 0.2) is 0 Å². The van der Waals surface area contributed by atoms with Gasteiger partial charge in [0.25, 0.3) is 0 Å². The Morgan fingerprint density at radius 3 is 2.04 bits per heavy atom. The summed E-state index contributed by atoms with van der Waals surface area (Å²) in [7, 11) is -6.50. The fraction of sp³-hybridized carbons (Fsp3) is 1.00. The molecule has 2 heterocycles. The van der Waals surface area contributed by atoms with Gasteiger partial charge in [-0.1, -0.05) is 0 Å². The van der Waals surface area contributed by atoms with Crippen molar-refractivity contribution >= 4 is 19.7 Å². The number of sulfone groups is 2. The van der Waals surface area contributed by atoms with E-state index in [2.05, 4.69) is 10.6 Å². The van der Waals surface area contributed by atoms with Gasteiger partial charge >= 0.3 is 0 Å². The Morgan fingerprint density at radius 2 is 1.54 bits per heavy atom. The van der Waals surface area contributed by atoms with Gasteiger partial charge in [0.1, 0.15) is 0 Å². The van der Waals surface area contributed by atoms with Gasteiger partial charge in [-0.05, 0) is 60.4 Å². The SMILES string of the molecule is CC(C)(C)S(=O)(=O)[C@@H]1CNC(CC(C)(C)S(=O)(=O)[C@@H]2CCNC2)C1. The van der Waals surface area contributed by atoms with Crippen LogP contribution in [0.5, 0.6) is 0 Å². The first-order valence-corrected chi connectivity index (χ1v) is 11.8. The first kappa shape index (κ1) is 20.1. The van der Waals surface area contributed by atoms with Gasteiger partial charge in [-0.25, -0.2) is 16.8 Å². The van der Waals surface area contributed by atoms with Crippen LogP contribution in [0, 0.1) is 0 Å². The second-order valence-electron chi connectivity index (χ2n) is 8.74. The smallest absolute Gasteiger partial charge is 0.159 e. The van der Waals surface area contributed by atoms with Crippen LogP contribution in [-0.2, 0) is 19.7 Å². The van der Waals surface area contributed by atoms with Crippen molar-refractivity contribution in [3.8, 4) is 0 Å². The monoisotopic (exact) mass is 380 g/mol. The lowest BCUT2D eigenvalue weighted by Crippen LogP contribution is -2.44. The molecule has 2 N–H and O–H groups in total. The third-order valence-corrected chi connectivity index (χ3v) is 11.4. The third kappa shape index (κ3) is 3.66. The van der Waals surface area contributed by atoms with Crippen LogP contribution in [0.1, 0.15) is 53.9 Å². The number of hydrogen-bond donors (Lipinski definition) is 2. The highest BCUT2D eigenvalue weighted by Crippen LogP contribution is 2.33. The number of nitrogens with one attached hydrogen (secondary N) is 2. The van der Waals surface area contributed by atoms with Gasteiger partial charge in [0, 0.05) is 19.1 Å². The van der Waals surface area contributed by atoms with E-state index in [1.165, 1.54) is 0 Å². The molecule has 2 aliphatic rings. The van der Waals surface area contributed by atoms with Crippen LogP contribution in [0.3, 0.4) is 0 Å². The predicted octanol–water partition coefficient (Wildman–Crippen LogP) is 0.876. The largest absolute Gasteiger partial charge is 0.315 e. The van der Waals surface area contributed by atoms with Gasteiger partial charge in [0.15, 0.2) is 19.7 Å². The molecule has 0 spiro atoms. The molecule has 8 heteroatoms. The van der Waals surface area contributed by atoms with E-state index in [0.29, 0.717) is 32.4 Å². The van der Waals surface area contributed by atoms with Gasteiger partial charge < -0.3 is 10.6 Å². The maximum absolute atomic E-state index is 12.9. The summed E-state index contributed by atoms with van der Waals surface area (Å²) in [5.74, 6) is 0. The second-order valence-corrected chi connectivity index (χ2v) is 14.6. The summed E-state index contributed by atoms with van der Waals surface area (Å²) in [5.41, 5.74) is 0. The lowest BCUT2D eigenvalue weighted by atomic mass is 10.0. The van der Waals surface area contributed by atoms with Gasteiger partial charge in [0.05, 0.1) is 20.0 Å². The quantitative estimate of drug-likeness (QED) is 0.735. The normalized spacial score (nSPS) is 30.0. The van der Waals surface area contributed by atoms with Crippen LogP contribution in [-0.4, -0.2) is 62.5 Å². The van der Waals surface area contributed by atoms with Gasteiger partial charge in [0.2, 0.25) is 0 Å². The Kier molecular flexibility index (Phi) is 5.47. The molecule has 3 atom stereocenters. The highest BCUT2D eigenvalue weighted by molar-refractivity contribution is 7.93. The highest BCUT2D eigenvalue weighted by Gasteiger charge is 2.46. The van der Waals surface area contributed by atoms with Crippen molar-refractivity contribution in [1.82, 2.24) is 10.6 Å². The van der Waals surface area contributed by atoms with Crippen molar-refractivity contribution in [2.45, 2.75) is 79.9 Å². The van der Waals surface area contributed by atoms with E-state index in [9.17, 15) is 16.8 Å². The molecular formula is C16H32N2O4S2. The fourth-order valence-electron chi connectivity index (χ4n) is 3.73. The molecule has 0 amide bonds. The minimum Gasteiger partial charge on any atom is -0.315 e. The molecular weight excluding hydrogens is 348 g/mol. The van der Waals surface area contributed by atoms with Crippen LogP contribution >= 0.6 is 0 Å². The zero-order valence-corrected chi connectivity index (χ0v) is 17.1. The summed E-state index contributed by atoms with van der Waals surface area (Å²) >= 11 is 0. The summed E-state index contributed by atoms with van der Waals surface area (Å²) in [5, 5.41) is 5.59. The zero-order chi connectivity index (χ0) is 18.4. The first-order chi connectivity index (χ1) is 10.8. The molecule has 2 rings (SSSR count). The average molecular weight is 381 g/mol. The molecule has 0 saturated carbocycles. The lowest BCUT2D eigenvalue weighted by Gasteiger charge is -2.31. The van der Waals surface area contributed by atoms with E-state index >= 15 is 0 Å². The topological polar surface area (TPSA) is 92.3 Å². The Balaban J connectivity index is 2.07. The molecule has 24 heavy (non-hydrogen) atoms. The standard InChI is InChI=1S/C16H32N2O4S2/c1-15(2,3)23(19,20)14-8-12(18-11-14)9-16(4,5)24(21,22)13-6-7-17-10-13/h12-14,17-18H,6-11H2,1-5H3/t12?,13-,14+/m1/s1. The van der Waals surface area contributed by atoms with Crippen LogP contribution in [0.25, 0.3) is 0 Å². The Bertz CT molecular complexity index is 657. The molecule has 0 aromatic rings. The Morgan fingerprint density at radius 1 is 0.917 bits per heavy atom. The first-order valence-electron chi connectivity index (χ1n) is 8.70. The number of rotatable bonds is 5. The molecule has 6 nitrogen and oxygen atoms in total. The summed E-state index contributed by atoms with van der Waals surface area (Å²) in [6.07, 6.45) is 1.59. The molecule has 2 aliphatic heterocycles. The van der Waals surface area contributed by atoms with E-state index in [4.69, 9.17) is 0 Å². The van der Waals surface area contributed by atoms with Gasteiger partial charge in [-0.3, -0.25) is 0 Å². The zero-order valence-electron chi connectivity index (χ0n) is 15.4. The van der Waals surface area contributed by atoms with Crippen molar-refractivity contribution in [2.24, 2.45) is 0 Å². The van der Waals surface area contributed by atoms with Crippen molar-refractivity contribution in [3.05, 3.63) is 0 Å². The molecule has 0 aromatic heterocycles. The summed E-state index contributed by atoms with van der Waals surface area (Å²) < 4.78 is 49.4. The molecule has 1 unspecified atom stereocenters. The van der Waals surface area contributed by atoms with Crippen molar-refractivity contribution < 1.29 is 16.8 Å². The molecule has 2 fully saturated rings. The van der Waals surface area contributed by atoms with Crippen molar-refractivity contribution in [2.75, 3.05) is 19.6 Å². The highest BCUT2D eigenvalue weighted by atomic mass is 32.2. The van der Waals surface area contributed by atoms with E-state index in [-0.39, 0.29) is 11.3 Å². The van der Waals surface area contributed by atoms with Gasteiger partial charge in [-0.2, -0.15) is 0 Å². The molecule has 2 saturated heterocycles. The van der Waals surface area contributed by atoms with E-state index < -0.39 is 34.4 Å². The van der Waals surface area contributed by atoms with Crippen molar-refractivity contribution in [3.63, 3.8) is 0 Å². The molecule has 0 aromatic carbocycles. The maximum Gasteiger partial charge on any atom is 0.159 e. The molecule has 0 aliphatic carbocycles. The van der Waals surface area contributed by atoms with Gasteiger partial charge in [-0.15, -0.1) is 0 Å². The Hall–Kier alpha value is -0.180. The summed E-state index contributed by atoms with van der Waals surface area (Å²) in [4.78, 5) is 0. The van der Waals surface area contributed by atoms with E-state index in [1.54, 1.807) is 34.6 Å². The summed E-state index contributed by atoms with van der Waals surface area (Å²) in [6, 6.07) is -0.0775. The van der Waals surface area contributed by atoms with E-state index in [0.717, 1.165) is 6.54 Å². The van der Waals surface area contributed by atoms with Crippen LogP contribution in [0.4, 0.5) is 0 Å². The van der Waals surface area contributed by atoms with Crippen LogP contribution < -0.4 is 10.6 Å². The summed E-state index contributed by atoms with van der Waals surface area (Å²) in [6.45, 7) is 10.4. The Labute approximate surface area is 147 Å². The molecule has 0 bridgehead atoms. The second kappa shape index (κ2) is 6.52. The number of hydrogen-bond acceptors (Lipinski definition) is 6. The third-order valence-electron chi connectivity index (χ3n) is 5.44. The average Bonchev–Trinajstić information content (AvgIpc) is 3.07. The minimum atomic E-state index is -3.26. The lowest BCUT2D eigenvalue weighted by molar-refractivity contribution is 0.454. The fourth-order valence-corrected chi connectivity index (χ4v) is 7.63. The maximum atomic E-state index is 12.9. The molecule has 142 valence electrons. The minimum absolute atomic E-state index is 0.0775. The van der Waals surface area contributed by atoms with Crippen LogP contribution in [0.2, 0.25) is 0 Å². The predicted molar refractivity (Wildman–Crippen MR) is 97.8 cm³/mol. The molecule has 0 radical (unpaired) electrons.